The number of aromatic nitrogens is 3. The highest BCUT2D eigenvalue weighted by molar-refractivity contribution is 7.15. The summed E-state index contributed by atoms with van der Waals surface area (Å²) in [4.78, 5) is 13.4. The van der Waals surface area contributed by atoms with Crippen molar-refractivity contribution in [3.8, 4) is 0 Å². The van der Waals surface area contributed by atoms with Crippen molar-refractivity contribution in [2.75, 3.05) is 17.6 Å². The Bertz CT molecular complexity index is 653. The third-order valence-electron chi connectivity index (χ3n) is 3.55. The molecule has 0 saturated heterocycles. The topological polar surface area (TPSA) is 76.7 Å². The summed E-state index contributed by atoms with van der Waals surface area (Å²) in [5, 5.41) is 2.74. The zero-order valence-electron chi connectivity index (χ0n) is 11.5. The van der Waals surface area contributed by atoms with Gasteiger partial charge in [-0.3, -0.25) is 0 Å². The zero-order chi connectivity index (χ0) is 15.7. The van der Waals surface area contributed by atoms with E-state index in [1.807, 2.05) is 0 Å². The highest BCUT2D eigenvalue weighted by atomic mass is 32.1. The minimum atomic E-state index is -4.28. The summed E-state index contributed by atoms with van der Waals surface area (Å²) in [5.41, 5.74) is 7.70. The molecule has 9 heteroatoms. The number of nitrogens with one attached hydrogen (secondary N) is 1. The van der Waals surface area contributed by atoms with Gasteiger partial charge in [0, 0.05) is 17.3 Å². The second kappa shape index (κ2) is 5.71. The van der Waals surface area contributed by atoms with Crippen molar-refractivity contribution in [3.05, 3.63) is 28.5 Å². The quantitative estimate of drug-likeness (QED) is 0.905. The van der Waals surface area contributed by atoms with E-state index < -0.39 is 12.7 Å². The Morgan fingerprint density at radius 3 is 2.73 bits per heavy atom. The molecule has 1 aliphatic carbocycles. The molecule has 5 nitrogen and oxygen atoms in total. The number of rotatable bonds is 3. The molecule has 0 amide bonds. The largest absolute Gasteiger partial charge is 0.405 e. The molecule has 1 atom stereocenters. The van der Waals surface area contributed by atoms with Crippen LogP contribution in [0.1, 0.15) is 28.5 Å². The van der Waals surface area contributed by atoms with E-state index in [1.54, 1.807) is 12.4 Å². The van der Waals surface area contributed by atoms with Crippen molar-refractivity contribution in [3.63, 3.8) is 0 Å². The summed E-state index contributed by atoms with van der Waals surface area (Å²) in [7, 11) is 0. The first-order valence-electron chi connectivity index (χ1n) is 6.77. The van der Waals surface area contributed by atoms with Gasteiger partial charge in [-0.2, -0.15) is 13.2 Å². The molecule has 2 heterocycles. The van der Waals surface area contributed by atoms with E-state index >= 15 is 0 Å². The number of hydrogen-bond acceptors (Lipinski definition) is 6. The van der Waals surface area contributed by atoms with Crippen molar-refractivity contribution in [2.24, 2.45) is 0 Å². The number of aryl methyl sites for hydroxylation is 1. The average molecular weight is 329 g/mol. The molecule has 0 aromatic carbocycles. The Balaban J connectivity index is 1.66. The number of anilines is 2. The fraction of sp³-hybridized carbons (Fsp3) is 0.462. The number of nitrogens with zero attached hydrogens (tertiary/aromatic N) is 3. The Morgan fingerprint density at radius 2 is 2.05 bits per heavy atom. The molecule has 0 aliphatic heterocycles. The molecule has 0 spiro atoms. The lowest BCUT2D eigenvalue weighted by molar-refractivity contribution is -0.115. The number of nitrogen functional groups attached to an aromatic ring is 1. The van der Waals surface area contributed by atoms with Crippen molar-refractivity contribution in [2.45, 2.75) is 31.4 Å². The van der Waals surface area contributed by atoms with Crippen LogP contribution in [0, 0.1) is 0 Å². The van der Waals surface area contributed by atoms with Crippen LogP contribution in [0.3, 0.4) is 0 Å². The number of hydrogen-bond donors (Lipinski definition) is 2. The van der Waals surface area contributed by atoms with Gasteiger partial charge in [0.1, 0.15) is 6.54 Å². The summed E-state index contributed by atoms with van der Waals surface area (Å²) < 4.78 is 36.4. The summed E-state index contributed by atoms with van der Waals surface area (Å²) >= 11 is 1.49. The highest BCUT2D eigenvalue weighted by Crippen LogP contribution is 2.35. The smallest absolute Gasteiger partial charge is 0.375 e. The molecule has 22 heavy (non-hydrogen) atoms. The molecule has 3 N–H and O–H groups in total. The van der Waals surface area contributed by atoms with Crippen LogP contribution < -0.4 is 11.1 Å². The van der Waals surface area contributed by atoms with Crippen LogP contribution in [0.5, 0.6) is 0 Å². The van der Waals surface area contributed by atoms with Crippen LogP contribution in [0.4, 0.5) is 24.3 Å². The Kier molecular flexibility index (Phi) is 3.90. The lowest BCUT2D eigenvalue weighted by atomic mass is 9.87. The maximum absolute atomic E-state index is 12.1. The van der Waals surface area contributed by atoms with Crippen LogP contribution >= 0.6 is 11.3 Å². The van der Waals surface area contributed by atoms with Gasteiger partial charge < -0.3 is 11.1 Å². The summed E-state index contributed by atoms with van der Waals surface area (Å²) in [5.74, 6) is 0.239. The Hall–Kier alpha value is -1.90. The summed E-state index contributed by atoms with van der Waals surface area (Å²) in [6.45, 7) is -1.14. The van der Waals surface area contributed by atoms with Gasteiger partial charge in [0.05, 0.1) is 5.69 Å². The number of thiazole rings is 1. The van der Waals surface area contributed by atoms with E-state index in [0.29, 0.717) is 5.13 Å². The van der Waals surface area contributed by atoms with E-state index in [-0.39, 0.29) is 11.9 Å². The van der Waals surface area contributed by atoms with E-state index in [1.165, 1.54) is 16.2 Å². The molecule has 1 unspecified atom stereocenters. The van der Waals surface area contributed by atoms with Crippen molar-refractivity contribution < 1.29 is 13.2 Å². The predicted octanol–water partition coefficient (Wildman–Crippen LogP) is 2.76. The standard InChI is InChI=1S/C13H14F3N5S/c14-13(15,16)6-20-12-18-4-8(5-19-12)7-1-2-9-10(3-7)22-11(17)21-9/h4-5,7H,1-3,6H2,(H2,17,21)(H,18,19,20). The van der Waals surface area contributed by atoms with Crippen LogP contribution in [-0.2, 0) is 12.8 Å². The highest BCUT2D eigenvalue weighted by Gasteiger charge is 2.27. The molecule has 3 rings (SSSR count). The normalized spacial score (nSPS) is 18.0. The lowest BCUT2D eigenvalue weighted by Crippen LogP contribution is -2.22. The molecular weight excluding hydrogens is 315 g/mol. The van der Waals surface area contributed by atoms with Gasteiger partial charge in [0.25, 0.3) is 0 Å². The van der Waals surface area contributed by atoms with Crippen molar-refractivity contribution in [1.29, 1.82) is 0 Å². The van der Waals surface area contributed by atoms with E-state index in [4.69, 9.17) is 5.73 Å². The van der Waals surface area contributed by atoms with Crippen LogP contribution in [0.15, 0.2) is 12.4 Å². The molecule has 0 radical (unpaired) electrons. The van der Waals surface area contributed by atoms with Gasteiger partial charge in [-0.15, -0.1) is 11.3 Å². The van der Waals surface area contributed by atoms with Crippen LogP contribution in [-0.4, -0.2) is 27.7 Å². The first-order chi connectivity index (χ1) is 10.4. The molecule has 0 bridgehead atoms. The lowest BCUT2D eigenvalue weighted by Gasteiger charge is -2.21. The minimum absolute atomic E-state index is 0.0143. The van der Waals surface area contributed by atoms with E-state index in [2.05, 4.69) is 20.3 Å². The first-order valence-corrected chi connectivity index (χ1v) is 7.59. The molecule has 118 valence electrons. The second-order valence-electron chi connectivity index (χ2n) is 5.17. The molecular formula is C13H14F3N5S. The molecule has 2 aromatic rings. The van der Waals surface area contributed by atoms with Gasteiger partial charge in [-0.1, -0.05) is 0 Å². The Morgan fingerprint density at radius 1 is 1.32 bits per heavy atom. The number of fused-ring (bicyclic) bond motifs is 1. The first kappa shape index (κ1) is 15.0. The fourth-order valence-corrected chi connectivity index (χ4v) is 3.46. The maximum Gasteiger partial charge on any atom is 0.405 e. The monoisotopic (exact) mass is 329 g/mol. The average Bonchev–Trinajstić information content (AvgIpc) is 2.84. The van der Waals surface area contributed by atoms with Crippen LogP contribution in [0.2, 0.25) is 0 Å². The summed E-state index contributed by atoms with van der Waals surface area (Å²) in [6.07, 6.45) is 1.48. The number of halogens is 3. The third-order valence-corrected chi connectivity index (χ3v) is 4.50. The predicted molar refractivity (Wildman–Crippen MR) is 77.9 cm³/mol. The molecule has 1 aliphatic rings. The fourth-order valence-electron chi connectivity index (χ4n) is 2.50. The van der Waals surface area contributed by atoms with Gasteiger partial charge in [-0.05, 0) is 30.7 Å². The maximum atomic E-state index is 12.1. The molecule has 2 aromatic heterocycles. The van der Waals surface area contributed by atoms with Crippen LogP contribution in [0.25, 0.3) is 0 Å². The van der Waals surface area contributed by atoms with Crippen molar-refractivity contribution >= 4 is 22.4 Å². The zero-order valence-corrected chi connectivity index (χ0v) is 12.3. The van der Waals surface area contributed by atoms with Gasteiger partial charge >= 0.3 is 6.18 Å². The second-order valence-corrected chi connectivity index (χ2v) is 6.29. The Labute approximate surface area is 128 Å². The van der Waals surface area contributed by atoms with E-state index in [0.717, 1.165) is 30.5 Å². The number of nitrogens with two attached hydrogens (primary N) is 1. The van der Waals surface area contributed by atoms with Gasteiger partial charge in [-0.25, -0.2) is 15.0 Å². The van der Waals surface area contributed by atoms with Gasteiger partial charge in [0.15, 0.2) is 5.13 Å². The van der Waals surface area contributed by atoms with E-state index in [9.17, 15) is 13.2 Å². The summed E-state index contributed by atoms with van der Waals surface area (Å²) in [6, 6.07) is 0. The molecule has 0 fully saturated rings. The minimum Gasteiger partial charge on any atom is -0.375 e. The SMILES string of the molecule is Nc1nc2c(s1)CC(c1cnc(NCC(F)(F)F)nc1)CC2. The van der Waals surface area contributed by atoms with Gasteiger partial charge in [0.2, 0.25) is 5.95 Å². The third kappa shape index (κ3) is 3.46. The number of alkyl halides is 3. The van der Waals surface area contributed by atoms with Crippen molar-refractivity contribution in [1.82, 2.24) is 15.0 Å². The molecule has 0 saturated carbocycles.